The molecule has 0 heterocycles. The normalized spacial score (nSPS) is 11.8. The first-order chi connectivity index (χ1) is 10.0. The van der Waals surface area contributed by atoms with E-state index >= 15 is 0 Å². The molecule has 1 aromatic rings. The zero-order chi connectivity index (χ0) is 15.8. The molecule has 1 aromatic carbocycles. The molecule has 7 heteroatoms. The number of nitro groups is 1. The molecule has 2 N–H and O–H groups in total. The predicted octanol–water partition coefficient (Wildman–Crippen LogP) is 2.18. The Labute approximate surface area is 123 Å². The summed E-state index contributed by atoms with van der Waals surface area (Å²) in [5.41, 5.74) is 0.391. The maximum atomic E-state index is 12.3. The van der Waals surface area contributed by atoms with E-state index in [-0.39, 0.29) is 28.9 Å². The van der Waals surface area contributed by atoms with E-state index in [9.17, 15) is 14.9 Å². The third kappa shape index (κ3) is 4.71. The molecule has 0 bridgehead atoms. The van der Waals surface area contributed by atoms with Gasteiger partial charge in [-0.05, 0) is 26.8 Å². The van der Waals surface area contributed by atoms with Crippen molar-refractivity contribution in [3.05, 3.63) is 33.9 Å². The molecule has 0 spiro atoms. The molecule has 1 amide bonds. The molecule has 0 fully saturated rings. The Bertz CT molecular complexity index is 505. The van der Waals surface area contributed by atoms with Crippen LogP contribution in [0.15, 0.2) is 18.2 Å². The lowest BCUT2D eigenvalue weighted by Crippen LogP contribution is -2.36. The van der Waals surface area contributed by atoms with Crippen LogP contribution in [0.3, 0.4) is 0 Å². The number of carbonyl (C=O) groups is 1. The molecule has 0 saturated heterocycles. The highest BCUT2D eigenvalue weighted by Gasteiger charge is 2.21. The van der Waals surface area contributed by atoms with E-state index in [1.54, 1.807) is 6.07 Å². The van der Waals surface area contributed by atoms with Gasteiger partial charge in [-0.25, -0.2) is 0 Å². The maximum Gasteiger partial charge on any atom is 0.293 e. The summed E-state index contributed by atoms with van der Waals surface area (Å²) in [7, 11) is 0. The van der Waals surface area contributed by atoms with Crippen molar-refractivity contribution in [1.29, 1.82) is 0 Å². The molecule has 1 rings (SSSR count). The first kappa shape index (κ1) is 16.9. The molecule has 1 atom stereocenters. The molecule has 0 aliphatic carbocycles. The molecule has 116 valence electrons. The van der Waals surface area contributed by atoms with Gasteiger partial charge in [-0.2, -0.15) is 0 Å². The first-order valence-corrected chi connectivity index (χ1v) is 6.91. The molecule has 1 unspecified atom stereocenters. The van der Waals surface area contributed by atoms with Crippen LogP contribution in [0.25, 0.3) is 0 Å². The van der Waals surface area contributed by atoms with Crippen molar-refractivity contribution < 1.29 is 14.5 Å². The minimum absolute atomic E-state index is 0.109. The summed E-state index contributed by atoms with van der Waals surface area (Å²) < 4.78 is 5.23. The molecule has 7 nitrogen and oxygen atoms in total. The zero-order valence-corrected chi connectivity index (χ0v) is 12.5. The van der Waals surface area contributed by atoms with Gasteiger partial charge in [-0.15, -0.1) is 0 Å². The summed E-state index contributed by atoms with van der Waals surface area (Å²) in [6.45, 7) is 6.96. The highest BCUT2D eigenvalue weighted by atomic mass is 16.6. The van der Waals surface area contributed by atoms with E-state index in [2.05, 4.69) is 10.6 Å². The van der Waals surface area contributed by atoms with Crippen LogP contribution in [0.2, 0.25) is 0 Å². The monoisotopic (exact) mass is 295 g/mol. The van der Waals surface area contributed by atoms with Gasteiger partial charge in [0.25, 0.3) is 11.6 Å². The van der Waals surface area contributed by atoms with E-state index in [1.807, 2.05) is 20.8 Å². The number of anilines is 1. The number of ether oxygens (including phenoxy) is 1. The highest BCUT2D eigenvalue weighted by molar-refractivity contribution is 6.01. The Morgan fingerprint density at radius 2 is 2.14 bits per heavy atom. The van der Waals surface area contributed by atoms with Crippen molar-refractivity contribution in [3.63, 3.8) is 0 Å². The van der Waals surface area contributed by atoms with Crippen LogP contribution in [-0.4, -0.2) is 36.6 Å². The standard InChI is InChI=1S/C14H21N3O4/c1-4-15-13-11(7-6-8-12(13)17(19)20)14(18)16-10(3)9-21-5-2/h6-8,10,15H,4-5,9H2,1-3H3,(H,16,18). The zero-order valence-electron chi connectivity index (χ0n) is 12.5. The van der Waals surface area contributed by atoms with Gasteiger partial charge in [-0.3, -0.25) is 14.9 Å². The molecule has 0 aliphatic rings. The van der Waals surface area contributed by atoms with Gasteiger partial charge in [0.15, 0.2) is 0 Å². The number of para-hydroxylation sites is 1. The van der Waals surface area contributed by atoms with E-state index in [0.717, 1.165) is 0 Å². The number of rotatable bonds is 8. The Morgan fingerprint density at radius 3 is 2.71 bits per heavy atom. The number of amides is 1. The molecular weight excluding hydrogens is 274 g/mol. The second kappa shape index (κ2) is 8.21. The minimum atomic E-state index is -0.502. The molecule has 0 aromatic heterocycles. The van der Waals surface area contributed by atoms with Gasteiger partial charge in [0, 0.05) is 25.3 Å². The third-order valence-corrected chi connectivity index (χ3v) is 2.79. The maximum absolute atomic E-state index is 12.3. The highest BCUT2D eigenvalue weighted by Crippen LogP contribution is 2.28. The van der Waals surface area contributed by atoms with Crippen LogP contribution in [0.1, 0.15) is 31.1 Å². The SMILES string of the molecule is CCNc1c(C(=O)NC(C)COCC)cccc1[N+](=O)[O-]. The van der Waals surface area contributed by atoms with E-state index in [4.69, 9.17) is 4.74 Å². The van der Waals surface area contributed by atoms with Crippen LogP contribution in [0, 0.1) is 10.1 Å². The third-order valence-electron chi connectivity index (χ3n) is 2.79. The summed E-state index contributed by atoms with van der Waals surface area (Å²) in [5, 5.41) is 16.7. The van der Waals surface area contributed by atoms with E-state index < -0.39 is 4.92 Å². The summed E-state index contributed by atoms with van der Waals surface area (Å²) in [6, 6.07) is 4.26. The van der Waals surface area contributed by atoms with Crippen LogP contribution in [0.4, 0.5) is 11.4 Å². The van der Waals surface area contributed by atoms with Crippen LogP contribution in [-0.2, 0) is 4.74 Å². The number of carbonyl (C=O) groups excluding carboxylic acids is 1. The minimum Gasteiger partial charge on any atom is -0.380 e. The van der Waals surface area contributed by atoms with Crippen molar-refractivity contribution in [2.45, 2.75) is 26.8 Å². The largest absolute Gasteiger partial charge is 0.380 e. The predicted molar refractivity (Wildman–Crippen MR) is 80.7 cm³/mol. The average molecular weight is 295 g/mol. The number of nitro benzene ring substituents is 1. The Kier molecular flexibility index (Phi) is 6.61. The summed E-state index contributed by atoms with van der Waals surface area (Å²) in [5.74, 6) is -0.359. The summed E-state index contributed by atoms with van der Waals surface area (Å²) in [6.07, 6.45) is 0. The fourth-order valence-electron chi connectivity index (χ4n) is 1.88. The fourth-order valence-corrected chi connectivity index (χ4v) is 1.88. The van der Waals surface area contributed by atoms with E-state index in [0.29, 0.717) is 19.8 Å². The van der Waals surface area contributed by atoms with Gasteiger partial charge < -0.3 is 15.4 Å². The Balaban J connectivity index is 2.97. The van der Waals surface area contributed by atoms with Gasteiger partial charge in [0.2, 0.25) is 0 Å². The smallest absolute Gasteiger partial charge is 0.293 e. The Hall–Kier alpha value is -2.15. The topological polar surface area (TPSA) is 93.5 Å². The average Bonchev–Trinajstić information content (AvgIpc) is 2.45. The van der Waals surface area contributed by atoms with Gasteiger partial charge in [0.05, 0.1) is 17.1 Å². The molecule has 0 aliphatic heterocycles. The summed E-state index contributed by atoms with van der Waals surface area (Å²) in [4.78, 5) is 22.8. The van der Waals surface area contributed by atoms with Gasteiger partial charge >= 0.3 is 0 Å². The first-order valence-electron chi connectivity index (χ1n) is 6.91. The fraction of sp³-hybridized carbons (Fsp3) is 0.500. The van der Waals surface area contributed by atoms with Crippen LogP contribution in [0.5, 0.6) is 0 Å². The quantitative estimate of drug-likeness (QED) is 0.566. The number of nitrogens with one attached hydrogen (secondary N) is 2. The lowest BCUT2D eigenvalue weighted by molar-refractivity contribution is -0.384. The Morgan fingerprint density at radius 1 is 1.43 bits per heavy atom. The molecule has 21 heavy (non-hydrogen) atoms. The lowest BCUT2D eigenvalue weighted by Gasteiger charge is -2.16. The van der Waals surface area contributed by atoms with E-state index in [1.165, 1.54) is 12.1 Å². The number of nitrogens with zero attached hydrogens (tertiary/aromatic N) is 1. The van der Waals surface area contributed by atoms with Crippen molar-refractivity contribution in [2.24, 2.45) is 0 Å². The van der Waals surface area contributed by atoms with Crippen LogP contribution >= 0.6 is 0 Å². The van der Waals surface area contributed by atoms with Gasteiger partial charge in [0.1, 0.15) is 5.69 Å². The van der Waals surface area contributed by atoms with Crippen molar-refractivity contribution in [1.82, 2.24) is 5.32 Å². The van der Waals surface area contributed by atoms with Crippen molar-refractivity contribution >= 4 is 17.3 Å². The number of benzene rings is 1. The summed E-state index contributed by atoms with van der Waals surface area (Å²) >= 11 is 0. The second-order valence-electron chi connectivity index (χ2n) is 4.52. The molecule has 0 radical (unpaired) electrons. The van der Waals surface area contributed by atoms with Gasteiger partial charge in [-0.1, -0.05) is 6.07 Å². The molecular formula is C14H21N3O4. The van der Waals surface area contributed by atoms with Crippen LogP contribution < -0.4 is 10.6 Å². The number of hydrogen-bond acceptors (Lipinski definition) is 5. The van der Waals surface area contributed by atoms with Crippen molar-refractivity contribution in [3.8, 4) is 0 Å². The number of hydrogen-bond donors (Lipinski definition) is 2. The van der Waals surface area contributed by atoms with Crippen molar-refractivity contribution in [2.75, 3.05) is 25.1 Å². The molecule has 0 saturated carbocycles. The lowest BCUT2D eigenvalue weighted by atomic mass is 10.1. The second-order valence-corrected chi connectivity index (χ2v) is 4.52.